The zero-order valence-electron chi connectivity index (χ0n) is 14.7. The number of hydrogen-bond acceptors (Lipinski definition) is 3. The van der Waals surface area contributed by atoms with E-state index in [9.17, 15) is 4.79 Å². The quantitative estimate of drug-likeness (QED) is 0.846. The number of carbonyl (C=O) groups is 1. The molecule has 0 bridgehead atoms. The molecule has 2 unspecified atom stereocenters. The predicted octanol–water partition coefficient (Wildman–Crippen LogP) is 3.53. The fraction of sp³-hybridized carbons (Fsp3) is 0.381. The molecule has 1 heterocycles. The van der Waals surface area contributed by atoms with Crippen LogP contribution in [0.1, 0.15) is 41.3 Å². The van der Waals surface area contributed by atoms with Gasteiger partial charge in [0.2, 0.25) is 0 Å². The van der Waals surface area contributed by atoms with Gasteiger partial charge in [0.15, 0.2) is 0 Å². The molecule has 2 N–H and O–H groups in total. The van der Waals surface area contributed by atoms with Crippen molar-refractivity contribution < 1.29 is 9.90 Å². The average molecular weight is 338 g/mol. The van der Waals surface area contributed by atoms with E-state index in [4.69, 9.17) is 5.11 Å². The van der Waals surface area contributed by atoms with E-state index < -0.39 is 5.97 Å². The number of hydrogen-bond donors (Lipinski definition) is 2. The van der Waals surface area contributed by atoms with Crippen LogP contribution in [0, 0.1) is 0 Å². The summed E-state index contributed by atoms with van der Waals surface area (Å²) in [6.07, 6.45) is 2.24. The molecule has 25 heavy (non-hydrogen) atoms. The van der Waals surface area contributed by atoms with Crippen molar-refractivity contribution in [2.24, 2.45) is 0 Å². The first-order chi connectivity index (χ1) is 12.1. The van der Waals surface area contributed by atoms with Gasteiger partial charge in [0.25, 0.3) is 0 Å². The maximum absolute atomic E-state index is 11.1. The molecule has 2 aromatic rings. The van der Waals surface area contributed by atoms with Crippen molar-refractivity contribution in [2.45, 2.75) is 44.9 Å². The number of carboxylic acid groups (broad SMARTS) is 1. The lowest BCUT2D eigenvalue weighted by atomic mass is 9.97. The van der Waals surface area contributed by atoms with Crippen molar-refractivity contribution in [3.63, 3.8) is 0 Å². The third-order valence-electron chi connectivity index (χ3n) is 5.01. The topological polar surface area (TPSA) is 52.6 Å². The Labute approximate surface area is 149 Å². The summed E-state index contributed by atoms with van der Waals surface area (Å²) in [5.41, 5.74) is 2.75. The maximum atomic E-state index is 11.1. The fourth-order valence-electron chi connectivity index (χ4n) is 3.54. The Balaban J connectivity index is 1.50. The van der Waals surface area contributed by atoms with Crippen LogP contribution in [0.25, 0.3) is 0 Å². The minimum absolute atomic E-state index is 0.352. The smallest absolute Gasteiger partial charge is 0.335 e. The van der Waals surface area contributed by atoms with E-state index in [1.165, 1.54) is 5.56 Å². The Morgan fingerprint density at radius 1 is 1.16 bits per heavy atom. The number of benzene rings is 2. The SMILES string of the molecule is CC1CC(NCc2cccc(C(=O)O)c2)CCN1Cc1ccccc1. The first-order valence-electron chi connectivity index (χ1n) is 8.95. The van der Waals surface area contributed by atoms with Gasteiger partial charge in [-0.1, -0.05) is 42.5 Å². The van der Waals surface area contributed by atoms with Crippen LogP contribution in [-0.2, 0) is 13.1 Å². The van der Waals surface area contributed by atoms with Gasteiger partial charge < -0.3 is 10.4 Å². The highest BCUT2D eigenvalue weighted by molar-refractivity contribution is 5.87. The fourth-order valence-corrected chi connectivity index (χ4v) is 3.54. The zero-order valence-corrected chi connectivity index (χ0v) is 14.7. The summed E-state index contributed by atoms with van der Waals surface area (Å²) in [7, 11) is 0. The maximum Gasteiger partial charge on any atom is 0.335 e. The first kappa shape index (κ1) is 17.6. The van der Waals surface area contributed by atoms with E-state index in [0.717, 1.165) is 38.0 Å². The summed E-state index contributed by atoms with van der Waals surface area (Å²) >= 11 is 0. The van der Waals surface area contributed by atoms with Crippen molar-refractivity contribution in [2.75, 3.05) is 6.54 Å². The summed E-state index contributed by atoms with van der Waals surface area (Å²) in [5, 5.41) is 12.7. The second-order valence-corrected chi connectivity index (χ2v) is 6.91. The van der Waals surface area contributed by atoms with Gasteiger partial charge in [-0.15, -0.1) is 0 Å². The Kier molecular flexibility index (Phi) is 5.84. The lowest BCUT2D eigenvalue weighted by Crippen LogP contribution is -2.46. The van der Waals surface area contributed by atoms with Crippen LogP contribution < -0.4 is 5.32 Å². The van der Waals surface area contributed by atoms with E-state index in [1.54, 1.807) is 12.1 Å². The molecule has 132 valence electrons. The number of rotatable bonds is 6. The molecule has 0 spiro atoms. The summed E-state index contributed by atoms with van der Waals surface area (Å²) < 4.78 is 0. The van der Waals surface area contributed by atoms with Crippen LogP contribution in [-0.4, -0.2) is 34.6 Å². The summed E-state index contributed by atoms with van der Waals surface area (Å²) in [6, 6.07) is 18.8. The monoisotopic (exact) mass is 338 g/mol. The van der Waals surface area contributed by atoms with Gasteiger partial charge in [-0.25, -0.2) is 4.79 Å². The summed E-state index contributed by atoms with van der Waals surface area (Å²) in [4.78, 5) is 13.6. The van der Waals surface area contributed by atoms with E-state index >= 15 is 0 Å². The molecule has 4 heteroatoms. The van der Waals surface area contributed by atoms with E-state index in [1.807, 2.05) is 12.1 Å². The van der Waals surface area contributed by atoms with E-state index in [2.05, 4.69) is 47.5 Å². The van der Waals surface area contributed by atoms with Crippen molar-refractivity contribution in [1.29, 1.82) is 0 Å². The highest BCUT2D eigenvalue weighted by Crippen LogP contribution is 2.20. The van der Waals surface area contributed by atoms with Gasteiger partial charge in [0.1, 0.15) is 0 Å². The molecule has 1 fully saturated rings. The molecule has 0 saturated carbocycles. The van der Waals surface area contributed by atoms with Crippen LogP contribution in [0.15, 0.2) is 54.6 Å². The molecule has 1 saturated heterocycles. The van der Waals surface area contributed by atoms with Crippen molar-refractivity contribution in [1.82, 2.24) is 10.2 Å². The van der Waals surface area contributed by atoms with Crippen molar-refractivity contribution >= 4 is 5.97 Å². The lowest BCUT2D eigenvalue weighted by molar-refractivity contribution is 0.0696. The van der Waals surface area contributed by atoms with Crippen LogP contribution >= 0.6 is 0 Å². The van der Waals surface area contributed by atoms with Gasteiger partial charge in [0.05, 0.1) is 5.56 Å². The minimum atomic E-state index is -0.871. The molecule has 0 aliphatic carbocycles. The molecule has 0 amide bonds. The standard InChI is InChI=1S/C21H26N2O2/c1-16-12-20(10-11-23(16)15-17-6-3-2-4-7-17)22-14-18-8-5-9-19(13-18)21(24)25/h2-9,13,16,20,22H,10-12,14-15H2,1H3,(H,24,25). The van der Waals surface area contributed by atoms with E-state index in [-0.39, 0.29) is 0 Å². The third kappa shape index (κ3) is 4.91. The van der Waals surface area contributed by atoms with Gasteiger partial charge >= 0.3 is 5.97 Å². The highest BCUT2D eigenvalue weighted by Gasteiger charge is 2.25. The van der Waals surface area contributed by atoms with Crippen molar-refractivity contribution in [3.8, 4) is 0 Å². The second kappa shape index (κ2) is 8.28. The molecular formula is C21H26N2O2. The lowest BCUT2D eigenvalue weighted by Gasteiger charge is -2.38. The molecule has 1 aliphatic rings. The largest absolute Gasteiger partial charge is 0.478 e. The Morgan fingerprint density at radius 3 is 2.64 bits per heavy atom. The number of carboxylic acids is 1. The van der Waals surface area contributed by atoms with Crippen LogP contribution in [0.3, 0.4) is 0 Å². The normalized spacial score (nSPS) is 21.2. The predicted molar refractivity (Wildman–Crippen MR) is 99.6 cm³/mol. The number of nitrogens with one attached hydrogen (secondary N) is 1. The number of aromatic carboxylic acids is 1. The Hall–Kier alpha value is -2.17. The molecule has 1 aliphatic heterocycles. The number of likely N-dealkylation sites (tertiary alicyclic amines) is 1. The molecular weight excluding hydrogens is 312 g/mol. The zero-order chi connectivity index (χ0) is 17.6. The Morgan fingerprint density at radius 2 is 1.92 bits per heavy atom. The molecule has 2 atom stereocenters. The second-order valence-electron chi connectivity index (χ2n) is 6.91. The van der Waals surface area contributed by atoms with Crippen LogP contribution in [0.2, 0.25) is 0 Å². The number of nitrogens with zero attached hydrogens (tertiary/aromatic N) is 1. The molecule has 3 rings (SSSR count). The summed E-state index contributed by atoms with van der Waals surface area (Å²) in [6.45, 7) is 5.11. The van der Waals surface area contributed by atoms with Gasteiger partial charge in [-0.3, -0.25) is 4.90 Å². The third-order valence-corrected chi connectivity index (χ3v) is 5.01. The van der Waals surface area contributed by atoms with Crippen LogP contribution in [0.4, 0.5) is 0 Å². The highest BCUT2D eigenvalue weighted by atomic mass is 16.4. The van der Waals surface area contributed by atoms with Crippen molar-refractivity contribution in [3.05, 3.63) is 71.3 Å². The molecule has 0 radical (unpaired) electrons. The minimum Gasteiger partial charge on any atom is -0.478 e. The Bertz CT molecular complexity index is 702. The van der Waals surface area contributed by atoms with Gasteiger partial charge in [0, 0.05) is 31.7 Å². The molecule has 2 aromatic carbocycles. The van der Waals surface area contributed by atoms with Gasteiger partial charge in [-0.05, 0) is 43.0 Å². The molecule has 0 aromatic heterocycles. The van der Waals surface area contributed by atoms with Gasteiger partial charge in [-0.2, -0.15) is 0 Å². The molecule has 4 nitrogen and oxygen atoms in total. The van der Waals surface area contributed by atoms with E-state index in [0.29, 0.717) is 17.6 Å². The van der Waals surface area contributed by atoms with Crippen LogP contribution in [0.5, 0.6) is 0 Å². The average Bonchev–Trinajstić information content (AvgIpc) is 2.63. The summed E-state index contributed by atoms with van der Waals surface area (Å²) in [5.74, 6) is -0.871. The number of piperidine rings is 1. The first-order valence-corrected chi connectivity index (χ1v) is 8.95.